The predicted molar refractivity (Wildman–Crippen MR) is 109 cm³/mol. The molecule has 4 rings (SSSR count). The number of carbonyl (C=O) groups is 2. The van der Waals surface area contributed by atoms with E-state index in [1.807, 2.05) is 4.90 Å². The number of methoxy groups -OCH3 is 1. The summed E-state index contributed by atoms with van der Waals surface area (Å²) >= 11 is 0. The number of aromatic nitrogens is 2. The molecule has 2 fully saturated rings. The van der Waals surface area contributed by atoms with E-state index in [9.17, 15) is 9.59 Å². The molecule has 0 aromatic carbocycles. The van der Waals surface area contributed by atoms with Crippen LogP contribution >= 0.6 is 0 Å². The maximum atomic E-state index is 13.5. The SMILES string of the molecule is COCCCNC(=O)[C@@]12CCCN(C(=O)c3n[nH]c4c3CCC4)[C@H]1CN(C)CC2. The number of ether oxygens (including phenoxy) is 1. The van der Waals surface area contributed by atoms with Crippen LogP contribution in [0.25, 0.3) is 0 Å². The summed E-state index contributed by atoms with van der Waals surface area (Å²) in [5, 5.41) is 10.6. The molecule has 0 spiro atoms. The van der Waals surface area contributed by atoms with Gasteiger partial charge in [0.1, 0.15) is 0 Å². The Labute approximate surface area is 172 Å². The van der Waals surface area contributed by atoms with Gasteiger partial charge in [0.2, 0.25) is 5.91 Å². The molecule has 3 heterocycles. The molecule has 0 unspecified atom stereocenters. The van der Waals surface area contributed by atoms with Gasteiger partial charge in [-0.3, -0.25) is 14.7 Å². The Hall–Kier alpha value is -1.93. The van der Waals surface area contributed by atoms with Crippen LogP contribution in [0.4, 0.5) is 0 Å². The fraction of sp³-hybridized carbons (Fsp3) is 0.762. The third kappa shape index (κ3) is 3.68. The largest absolute Gasteiger partial charge is 0.385 e. The number of hydrogen-bond donors (Lipinski definition) is 2. The molecule has 2 aliphatic heterocycles. The van der Waals surface area contributed by atoms with E-state index >= 15 is 0 Å². The molecule has 8 nitrogen and oxygen atoms in total. The second kappa shape index (κ2) is 8.44. The second-order valence-corrected chi connectivity index (χ2v) is 8.77. The van der Waals surface area contributed by atoms with Crippen molar-refractivity contribution < 1.29 is 14.3 Å². The first-order chi connectivity index (χ1) is 14.1. The van der Waals surface area contributed by atoms with Crippen molar-refractivity contribution in [1.82, 2.24) is 25.3 Å². The van der Waals surface area contributed by atoms with Gasteiger partial charge in [-0.2, -0.15) is 5.10 Å². The van der Waals surface area contributed by atoms with Gasteiger partial charge in [0.05, 0.1) is 11.5 Å². The van der Waals surface area contributed by atoms with E-state index in [4.69, 9.17) is 4.74 Å². The summed E-state index contributed by atoms with van der Waals surface area (Å²) in [6.45, 7) is 3.54. The highest BCUT2D eigenvalue weighted by Gasteiger charge is 2.53. The van der Waals surface area contributed by atoms with Crippen LogP contribution in [0, 0.1) is 5.41 Å². The average Bonchev–Trinajstić information content (AvgIpc) is 3.34. The normalized spacial score (nSPS) is 26.8. The second-order valence-electron chi connectivity index (χ2n) is 8.77. The van der Waals surface area contributed by atoms with Crippen LogP contribution < -0.4 is 5.32 Å². The molecule has 2 atom stereocenters. The molecule has 2 N–H and O–H groups in total. The van der Waals surface area contributed by atoms with Crippen molar-refractivity contribution in [3.05, 3.63) is 17.0 Å². The van der Waals surface area contributed by atoms with E-state index in [2.05, 4.69) is 27.5 Å². The van der Waals surface area contributed by atoms with Gasteiger partial charge in [-0.1, -0.05) is 0 Å². The first-order valence-electron chi connectivity index (χ1n) is 10.9. The van der Waals surface area contributed by atoms with Crippen molar-refractivity contribution in [3.63, 3.8) is 0 Å². The van der Waals surface area contributed by atoms with Crippen LogP contribution in [0.5, 0.6) is 0 Å². The van der Waals surface area contributed by atoms with Crippen molar-refractivity contribution in [1.29, 1.82) is 0 Å². The molecule has 1 aromatic rings. The summed E-state index contributed by atoms with van der Waals surface area (Å²) in [5.74, 6) is 0.0809. The van der Waals surface area contributed by atoms with Crippen LogP contribution in [0.2, 0.25) is 0 Å². The predicted octanol–water partition coefficient (Wildman–Crippen LogP) is 0.978. The minimum Gasteiger partial charge on any atom is -0.385 e. The minimum absolute atomic E-state index is 0.0130. The smallest absolute Gasteiger partial charge is 0.274 e. The number of likely N-dealkylation sites (tertiary alicyclic amines) is 2. The number of nitrogens with zero attached hydrogens (tertiary/aromatic N) is 3. The number of likely N-dealkylation sites (N-methyl/N-ethyl adjacent to an activating group) is 1. The summed E-state index contributed by atoms with van der Waals surface area (Å²) < 4.78 is 5.09. The number of carbonyl (C=O) groups excluding carboxylic acids is 2. The lowest BCUT2D eigenvalue weighted by molar-refractivity contribution is -0.142. The Morgan fingerprint density at radius 3 is 2.97 bits per heavy atom. The summed E-state index contributed by atoms with van der Waals surface area (Å²) in [5.41, 5.74) is 2.25. The van der Waals surface area contributed by atoms with E-state index in [1.165, 1.54) is 0 Å². The molecule has 160 valence electrons. The maximum absolute atomic E-state index is 13.5. The summed E-state index contributed by atoms with van der Waals surface area (Å²) in [7, 11) is 3.74. The average molecular weight is 404 g/mol. The Morgan fingerprint density at radius 1 is 1.28 bits per heavy atom. The first-order valence-corrected chi connectivity index (χ1v) is 10.9. The lowest BCUT2D eigenvalue weighted by Crippen LogP contribution is -2.66. The third-order valence-corrected chi connectivity index (χ3v) is 6.99. The Balaban J connectivity index is 1.57. The number of rotatable bonds is 6. The molecule has 0 bridgehead atoms. The molecule has 0 saturated carbocycles. The molecule has 2 saturated heterocycles. The number of nitrogens with one attached hydrogen (secondary N) is 2. The third-order valence-electron chi connectivity index (χ3n) is 6.99. The molecule has 1 aliphatic carbocycles. The lowest BCUT2D eigenvalue weighted by atomic mass is 9.67. The maximum Gasteiger partial charge on any atom is 0.274 e. The number of amides is 2. The van der Waals surface area contributed by atoms with Gasteiger partial charge in [0, 0.05) is 44.6 Å². The van der Waals surface area contributed by atoms with Crippen molar-refractivity contribution in [3.8, 4) is 0 Å². The van der Waals surface area contributed by atoms with Crippen molar-refractivity contribution in [2.45, 2.75) is 51.0 Å². The molecular formula is C21H33N5O3. The lowest BCUT2D eigenvalue weighted by Gasteiger charge is -2.53. The molecule has 8 heteroatoms. The van der Waals surface area contributed by atoms with Gasteiger partial charge in [0.15, 0.2) is 5.69 Å². The van der Waals surface area contributed by atoms with Crippen LogP contribution in [0.3, 0.4) is 0 Å². The van der Waals surface area contributed by atoms with E-state index in [-0.39, 0.29) is 17.9 Å². The number of fused-ring (bicyclic) bond motifs is 2. The fourth-order valence-corrected chi connectivity index (χ4v) is 5.38. The summed E-state index contributed by atoms with van der Waals surface area (Å²) in [6, 6.07) is -0.112. The number of aryl methyl sites for hydroxylation is 1. The minimum atomic E-state index is -0.507. The van der Waals surface area contributed by atoms with E-state index in [0.717, 1.165) is 69.3 Å². The molecular weight excluding hydrogens is 370 g/mol. The number of aromatic amines is 1. The van der Waals surface area contributed by atoms with Gasteiger partial charge in [-0.25, -0.2) is 0 Å². The van der Waals surface area contributed by atoms with E-state index < -0.39 is 5.41 Å². The first kappa shape index (κ1) is 20.3. The molecule has 0 radical (unpaired) electrons. The Bertz CT molecular complexity index is 763. The zero-order valence-corrected chi connectivity index (χ0v) is 17.6. The summed E-state index contributed by atoms with van der Waals surface area (Å²) in [4.78, 5) is 31.0. The Morgan fingerprint density at radius 2 is 2.14 bits per heavy atom. The summed E-state index contributed by atoms with van der Waals surface area (Å²) in [6.07, 6.45) is 6.22. The van der Waals surface area contributed by atoms with Crippen LogP contribution in [-0.2, 0) is 22.4 Å². The van der Waals surface area contributed by atoms with Gasteiger partial charge in [0.25, 0.3) is 5.91 Å². The van der Waals surface area contributed by atoms with E-state index in [1.54, 1.807) is 7.11 Å². The topological polar surface area (TPSA) is 90.6 Å². The molecule has 3 aliphatic rings. The highest BCUT2D eigenvalue weighted by atomic mass is 16.5. The van der Waals surface area contributed by atoms with E-state index in [0.29, 0.717) is 25.4 Å². The van der Waals surface area contributed by atoms with Crippen molar-refractivity contribution in [2.24, 2.45) is 5.41 Å². The van der Waals surface area contributed by atoms with Gasteiger partial charge in [-0.15, -0.1) is 0 Å². The van der Waals surface area contributed by atoms with Crippen LogP contribution in [-0.4, -0.2) is 84.8 Å². The van der Waals surface area contributed by atoms with Gasteiger partial charge in [-0.05, 0) is 58.5 Å². The molecule has 2 amide bonds. The highest BCUT2D eigenvalue weighted by Crippen LogP contribution is 2.43. The van der Waals surface area contributed by atoms with Crippen molar-refractivity contribution in [2.75, 3.05) is 46.9 Å². The highest BCUT2D eigenvalue weighted by molar-refractivity contribution is 5.95. The quantitative estimate of drug-likeness (QED) is 0.691. The number of hydrogen-bond acceptors (Lipinski definition) is 5. The van der Waals surface area contributed by atoms with Crippen LogP contribution in [0.1, 0.15) is 53.8 Å². The monoisotopic (exact) mass is 403 g/mol. The number of piperidine rings is 2. The Kier molecular flexibility index (Phi) is 5.92. The molecule has 29 heavy (non-hydrogen) atoms. The van der Waals surface area contributed by atoms with Crippen molar-refractivity contribution >= 4 is 11.8 Å². The van der Waals surface area contributed by atoms with Crippen LogP contribution in [0.15, 0.2) is 0 Å². The zero-order chi connectivity index (χ0) is 20.4. The molecule has 1 aromatic heterocycles. The van der Waals surface area contributed by atoms with Gasteiger partial charge >= 0.3 is 0 Å². The van der Waals surface area contributed by atoms with Gasteiger partial charge < -0.3 is 19.9 Å². The fourth-order valence-electron chi connectivity index (χ4n) is 5.38. The zero-order valence-electron chi connectivity index (χ0n) is 17.6. The standard InChI is InChI=1S/C21H33N5O3/c1-25-12-9-21(20(28)22-10-5-13-29-2)8-4-11-26(17(21)14-25)19(27)18-15-6-3-7-16(15)23-24-18/h17H,3-14H2,1-2H3,(H,22,28)(H,23,24)/t17-,21+/m0/s1. The number of H-pyrrole nitrogens is 1.